The van der Waals surface area contributed by atoms with E-state index in [1.165, 1.54) is 17.2 Å². The molecule has 0 spiro atoms. The molecule has 2 heteroatoms. The molecule has 0 bridgehead atoms. The Morgan fingerprint density at radius 3 is 2.90 bits per heavy atom. The number of aliphatic hydroxyl groups is 1. The van der Waals surface area contributed by atoms with Gasteiger partial charge >= 0.3 is 0 Å². The Balaban J connectivity index is 2.28. The van der Waals surface area contributed by atoms with Crippen LogP contribution in [-0.4, -0.2) is 5.11 Å². The van der Waals surface area contributed by atoms with Crippen LogP contribution in [0.25, 0.3) is 12.2 Å². The van der Waals surface area contributed by atoms with E-state index in [0.29, 0.717) is 5.02 Å². The molecule has 2 aromatic carbocycles. The summed E-state index contributed by atoms with van der Waals surface area (Å²) in [6.07, 6.45) is 6.95. The van der Waals surface area contributed by atoms with Crippen LogP contribution >= 0.6 is 11.6 Å². The van der Waals surface area contributed by atoms with Crippen LogP contribution in [0.5, 0.6) is 0 Å². The van der Waals surface area contributed by atoms with Gasteiger partial charge in [0.1, 0.15) is 0 Å². The van der Waals surface area contributed by atoms with Gasteiger partial charge < -0.3 is 5.11 Å². The minimum absolute atomic E-state index is 0.557. The molecule has 2 aromatic rings. The molecule has 0 radical (unpaired) electrons. The van der Waals surface area contributed by atoms with Gasteiger partial charge in [-0.15, -0.1) is 0 Å². The minimum Gasteiger partial charge on any atom is -0.384 e. The molecule has 1 nitrogen and oxygen atoms in total. The average Bonchev–Trinajstić information content (AvgIpc) is 2.48. The molecule has 0 heterocycles. The van der Waals surface area contributed by atoms with E-state index >= 15 is 0 Å². The van der Waals surface area contributed by atoms with E-state index in [1.807, 2.05) is 18.2 Å². The van der Waals surface area contributed by atoms with Gasteiger partial charge in [-0.25, -0.2) is 0 Å². The molecule has 0 saturated carbocycles. The molecule has 1 atom stereocenters. The lowest BCUT2D eigenvalue weighted by atomic mass is 9.87. The summed E-state index contributed by atoms with van der Waals surface area (Å²) in [5.74, 6) is 0. The first kappa shape index (κ1) is 12.2. The first-order valence-corrected chi connectivity index (χ1v) is 7.44. The van der Waals surface area contributed by atoms with E-state index in [9.17, 15) is 5.11 Å². The van der Waals surface area contributed by atoms with E-state index in [2.05, 4.69) is 24.3 Å². The Hall–Kier alpha value is -1.57. The second-order valence-electron chi connectivity index (χ2n) is 5.50. The zero-order valence-corrected chi connectivity index (χ0v) is 11.8. The highest BCUT2D eigenvalue weighted by molar-refractivity contribution is 6.30. The van der Waals surface area contributed by atoms with Crippen LogP contribution in [0.1, 0.15) is 30.1 Å². The number of rotatable bonds is 0. The van der Waals surface area contributed by atoms with Crippen LogP contribution in [0.4, 0.5) is 0 Å². The topological polar surface area (TPSA) is 20.2 Å². The van der Waals surface area contributed by atoms with E-state index in [1.54, 1.807) is 0 Å². The quantitative estimate of drug-likeness (QED) is 0.787. The number of fused-ring (bicyclic) bond motifs is 4. The summed E-state index contributed by atoms with van der Waals surface area (Å²) in [5.41, 5.74) is 2.39. The Labute approximate surface area is 122 Å². The van der Waals surface area contributed by atoms with Gasteiger partial charge in [-0.2, -0.15) is 0 Å². The van der Waals surface area contributed by atoms with Crippen molar-refractivity contribution in [2.75, 3.05) is 0 Å². The Morgan fingerprint density at radius 2 is 2.00 bits per heavy atom. The van der Waals surface area contributed by atoms with Crippen molar-refractivity contribution in [3.05, 3.63) is 67.4 Å². The highest BCUT2D eigenvalue weighted by Gasteiger charge is 2.18. The lowest BCUT2D eigenvalue weighted by Gasteiger charge is -2.20. The molecule has 2 aliphatic carbocycles. The van der Waals surface area contributed by atoms with Crippen molar-refractivity contribution in [1.82, 2.24) is 0 Å². The largest absolute Gasteiger partial charge is 0.384 e. The summed E-state index contributed by atoms with van der Waals surface area (Å²) in [7, 11) is 0. The van der Waals surface area contributed by atoms with Crippen molar-refractivity contribution in [1.29, 1.82) is 0 Å². The van der Waals surface area contributed by atoms with Crippen molar-refractivity contribution >= 4 is 23.8 Å². The molecule has 2 aliphatic rings. The van der Waals surface area contributed by atoms with Crippen LogP contribution in [0.3, 0.4) is 0 Å². The number of hydrogen-bond acceptors (Lipinski definition) is 1. The Morgan fingerprint density at radius 1 is 1.10 bits per heavy atom. The summed E-state index contributed by atoms with van der Waals surface area (Å²) in [4.78, 5) is 0. The van der Waals surface area contributed by atoms with Gasteiger partial charge in [-0.05, 0) is 63.4 Å². The predicted molar refractivity (Wildman–Crippen MR) is 81.6 cm³/mol. The van der Waals surface area contributed by atoms with Crippen LogP contribution in [0.15, 0.2) is 30.3 Å². The Bertz CT molecular complexity index is 912. The van der Waals surface area contributed by atoms with E-state index in [-0.39, 0.29) is 0 Å². The summed E-state index contributed by atoms with van der Waals surface area (Å²) < 4.78 is 0. The smallest absolute Gasteiger partial charge is 0.0990 e. The fourth-order valence-corrected chi connectivity index (χ4v) is 3.68. The van der Waals surface area contributed by atoms with Gasteiger partial charge in [-0.3, -0.25) is 0 Å². The summed E-state index contributed by atoms with van der Waals surface area (Å²) in [6.45, 7) is 0. The second-order valence-corrected chi connectivity index (χ2v) is 5.91. The normalized spacial score (nSPS) is 19.2. The SMILES string of the molecule is OC1C=c2c(Cl)cccc2=c2ccc3c(c21)CCCC=3. The first-order valence-electron chi connectivity index (χ1n) is 7.06. The summed E-state index contributed by atoms with van der Waals surface area (Å²) >= 11 is 6.27. The van der Waals surface area contributed by atoms with E-state index in [4.69, 9.17) is 11.6 Å². The molecule has 0 fully saturated rings. The minimum atomic E-state index is -0.557. The maximum atomic E-state index is 10.6. The molecule has 0 aromatic heterocycles. The number of halogens is 1. The molecule has 0 aliphatic heterocycles. The zero-order valence-electron chi connectivity index (χ0n) is 11.1. The van der Waals surface area contributed by atoms with Gasteiger partial charge in [0.15, 0.2) is 0 Å². The lowest BCUT2D eigenvalue weighted by molar-refractivity contribution is 0.240. The monoisotopic (exact) mass is 282 g/mol. The zero-order chi connectivity index (χ0) is 13.7. The second kappa shape index (κ2) is 4.47. The average molecular weight is 283 g/mol. The third kappa shape index (κ3) is 1.67. The predicted octanol–water partition coefficient (Wildman–Crippen LogP) is 2.57. The van der Waals surface area contributed by atoms with Crippen molar-refractivity contribution < 1.29 is 5.11 Å². The Kier molecular flexibility index (Phi) is 2.73. The van der Waals surface area contributed by atoms with Gasteiger partial charge in [0.05, 0.1) is 6.10 Å². The van der Waals surface area contributed by atoms with Gasteiger partial charge in [-0.1, -0.05) is 41.9 Å². The maximum absolute atomic E-state index is 10.6. The summed E-state index contributed by atoms with van der Waals surface area (Å²) in [6, 6.07) is 10.2. The fourth-order valence-electron chi connectivity index (χ4n) is 3.44. The van der Waals surface area contributed by atoms with E-state index in [0.717, 1.165) is 34.1 Å². The van der Waals surface area contributed by atoms with Gasteiger partial charge in [0.25, 0.3) is 0 Å². The van der Waals surface area contributed by atoms with Crippen LogP contribution < -0.4 is 10.4 Å². The highest BCUT2D eigenvalue weighted by atomic mass is 35.5. The van der Waals surface area contributed by atoms with Crippen molar-refractivity contribution in [3.8, 4) is 0 Å². The molecule has 20 heavy (non-hydrogen) atoms. The molecular weight excluding hydrogens is 268 g/mol. The lowest BCUT2D eigenvalue weighted by Crippen LogP contribution is -2.22. The first-order chi connectivity index (χ1) is 9.75. The third-order valence-corrected chi connectivity index (χ3v) is 4.68. The molecule has 100 valence electrons. The summed E-state index contributed by atoms with van der Waals surface area (Å²) in [5, 5.41) is 15.8. The van der Waals surface area contributed by atoms with Crippen LogP contribution in [0, 0.1) is 10.4 Å². The molecule has 4 rings (SSSR count). The molecule has 1 unspecified atom stereocenters. The highest BCUT2D eigenvalue weighted by Crippen LogP contribution is 2.25. The third-order valence-electron chi connectivity index (χ3n) is 4.35. The molecule has 1 N–H and O–H groups in total. The van der Waals surface area contributed by atoms with Crippen molar-refractivity contribution in [2.24, 2.45) is 0 Å². The van der Waals surface area contributed by atoms with E-state index < -0.39 is 6.10 Å². The van der Waals surface area contributed by atoms with Gasteiger partial charge in [0, 0.05) is 5.02 Å². The van der Waals surface area contributed by atoms with Crippen LogP contribution in [0.2, 0.25) is 5.02 Å². The molecule has 0 saturated heterocycles. The number of hydrogen-bond donors (Lipinski definition) is 1. The van der Waals surface area contributed by atoms with Gasteiger partial charge in [0.2, 0.25) is 0 Å². The molecule has 0 amide bonds. The van der Waals surface area contributed by atoms with Crippen molar-refractivity contribution in [3.63, 3.8) is 0 Å². The fraction of sp³-hybridized carbons (Fsp3) is 0.222. The standard InChI is InChI=1S/C18H15ClO/c19-16-7-3-6-13-14-9-8-11-4-1-2-5-12(11)18(14)17(20)10-15(13)16/h3-4,6-10,17,20H,1-2,5H2. The van der Waals surface area contributed by atoms with Crippen LogP contribution in [-0.2, 0) is 6.42 Å². The van der Waals surface area contributed by atoms with Crippen molar-refractivity contribution in [2.45, 2.75) is 25.4 Å². The number of aliphatic hydroxyl groups excluding tert-OH is 1. The molecular formula is C18H15ClO. The number of benzene rings is 2. The maximum Gasteiger partial charge on any atom is 0.0990 e.